The van der Waals surface area contributed by atoms with Crippen LogP contribution in [0.1, 0.15) is 51.2 Å². The molecule has 4 heteroatoms. The van der Waals surface area contributed by atoms with Gasteiger partial charge in [0, 0.05) is 25.4 Å². The van der Waals surface area contributed by atoms with Gasteiger partial charge < -0.3 is 10.2 Å². The molecule has 2 amide bonds. The second-order valence-corrected chi connectivity index (χ2v) is 7.28. The fourth-order valence-corrected chi connectivity index (χ4v) is 3.13. The number of carbonyl (C=O) groups excluding carboxylic acids is 2. The minimum Gasteiger partial charge on any atom is -0.352 e. The van der Waals surface area contributed by atoms with E-state index in [0.717, 1.165) is 24.0 Å². The minimum atomic E-state index is -0.532. The van der Waals surface area contributed by atoms with Crippen molar-refractivity contribution in [2.75, 3.05) is 0 Å². The Bertz CT molecular complexity index is 731. The molecule has 2 rings (SSSR count). The zero-order valence-electron chi connectivity index (χ0n) is 17.2. The summed E-state index contributed by atoms with van der Waals surface area (Å²) in [4.78, 5) is 27.9. The van der Waals surface area contributed by atoms with Gasteiger partial charge in [-0.15, -0.1) is 0 Å². The first kappa shape index (κ1) is 21.7. The normalized spacial score (nSPS) is 12.8. The summed E-state index contributed by atoms with van der Waals surface area (Å²) in [7, 11) is 0. The third-order valence-electron chi connectivity index (χ3n) is 4.93. The summed E-state index contributed by atoms with van der Waals surface area (Å²) in [6, 6.07) is 19.3. The average Bonchev–Trinajstić information content (AvgIpc) is 2.72. The number of rotatable bonds is 10. The predicted molar refractivity (Wildman–Crippen MR) is 114 cm³/mol. The summed E-state index contributed by atoms with van der Waals surface area (Å²) in [5.41, 5.74) is 2.08. The highest BCUT2D eigenvalue weighted by Gasteiger charge is 2.30. The highest BCUT2D eigenvalue weighted by atomic mass is 16.2. The lowest BCUT2D eigenvalue weighted by Crippen LogP contribution is -2.52. The van der Waals surface area contributed by atoms with Gasteiger partial charge >= 0.3 is 0 Å². The van der Waals surface area contributed by atoms with E-state index in [1.54, 1.807) is 4.90 Å². The van der Waals surface area contributed by atoms with Crippen molar-refractivity contribution in [1.29, 1.82) is 0 Å². The van der Waals surface area contributed by atoms with Gasteiger partial charge in [-0.05, 0) is 30.9 Å². The molecule has 4 nitrogen and oxygen atoms in total. The number of benzene rings is 2. The molecule has 0 aliphatic rings. The van der Waals surface area contributed by atoms with Crippen molar-refractivity contribution in [3.63, 3.8) is 0 Å². The van der Waals surface area contributed by atoms with Gasteiger partial charge in [0.15, 0.2) is 0 Å². The molecule has 0 bridgehead atoms. The zero-order chi connectivity index (χ0) is 20.4. The molecule has 0 aliphatic heterocycles. The van der Waals surface area contributed by atoms with Crippen molar-refractivity contribution in [3.8, 4) is 0 Å². The third kappa shape index (κ3) is 6.52. The second-order valence-electron chi connectivity index (χ2n) is 7.28. The molecule has 0 heterocycles. The molecular weight excluding hydrogens is 348 g/mol. The second kappa shape index (κ2) is 11.3. The van der Waals surface area contributed by atoms with Crippen molar-refractivity contribution in [1.82, 2.24) is 10.2 Å². The molecule has 1 N–H and O–H groups in total. The largest absolute Gasteiger partial charge is 0.352 e. The van der Waals surface area contributed by atoms with Crippen molar-refractivity contribution in [2.45, 2.75) is 65.1 Å². The highest BCUT2D eigenvalue weighted by molar-refractivity contribution is 5.88. The Morgan fingerprint density at radius 3 is 2.04 bits per heavy atom. The van der Waals surface area contributed by atoms with E-state index >= 15 is 0 Å². The summed E-state index contributed by atoms with van der Waals surface area (Å²) >= 11 is 0. The topological polar surface area (TPSA) is 49.4 Å². The first-order valence-corrected chi connectivity index (χ1v) is 10.2. The molecule has 2 atom stereocenters. The van der Waals surface area contributed by atoms with Crippen LogP contribution in [0.25, 0.3) is 0 Å². The van der Waals surface area contributed by atoms with E-state index in [1.165, 1.54) is 0 Å². The van der Waals surface area contributed by atoms with Crippen molar-refractivity contribution in [3.05, 3.63) is 71.8 Å². The van der Waals surface area contributed by atoms with Crippen LogP contribution >= 0.6 is 0 Å². The van der Waals surface area contributed by atoms with Crippen LogP contribution in [0.5, 0.6) is 0 Å². The summed E-state index contributed by atoms with van der Waals surface area (Å²) in [5.74, 6) is -0.0647. The molecular formula is C24H32N2O2. The Morgan fingerprint density at radius 2 is 1.50 bits per heavy atom. The zero-order valence-corrected chi connectivity index (χ0v) is 17.2. The van der Waals surface area contributed by atoms with Gasteiger partial charge in [-0.1, -0.05) is 74.5 Å². The molecule has 0 unspecified atom stereocenters. The van der Waals surface area contributed by atoms with Gasteiger partial charge in [0.25, 0.3) is 0 Å². The highest BCUT2D eigenvalue weighted by Crippen LogP contribution is 2.16. The standard InChI is InChI=1S/C24H32N2O2/c1-4-12-23(27)26(18-21-15-10-7-11-16-21)22(24(28)25-19(3)5-2)17-20-13-8-6-9-14-20/h6-11,13-16,19,22H,4-5,12,17-18H2,1-3H3,(H,25,28)/t19-,22-/m1/s1. The van der Waals surface area contributed by atoms with E-state index in [9.17, 15) is 9.59 Å². The van der Waals surface area contributed by atoms with E-state index in [1.807, 2.05) is 81.4 Å². The fourth-order valence-electron chi connectivity index (χ4n) is 3.13. The number of hydrogen-bond donors (Lipinski definition) is 1. The molecule has 0 fully saturated rings. The van der Waals surface area contributed by atoms with Gasteiger partial charge in [0.05, 0.1) is 0 Å². The Kier molecular flexibility index (Phi) is 8.73. The summed E-state index contributed by atoms with van der Waals surface area (Å²) < 4.78 is 0. The summed E-state index contributed by atoms with van der Waals surface area (Å²) in [5, 5.41) is 3.08. The maximum absolute atomic E-state index is 13.2. The summed E-state index contributed by atoms with van der Waals surface area (Å²) in [6.07, 6.45) is 2.56. The predicted octanol–water partition coefficient (Wildman–Crippen LogP) is 4.34. The Hall–Kier alpha value is -2.62. The van der Waals surface area contributed by atoms with Crippen LogP contribution in [0, 0.1) is 0 Å². The maximum atomic E-state index is 13.2. The molecule has 0 radical (unpaired) electrons. The monoisotopic (exact) mass is 380 g/mol. The van der Waals surface area contributed by atoms with Crippen LogP contribution in [0.15, 0.2) is 60.7 Å². The molecule has 150 valence electrons. The number of nitrogens with one attached hydrogen (secondary N) is 1. The van der Waals surface area contributed by atoms with Crippen molar-refractivity contribution < 1.29 is 9.59 Å². The van der Waals surface area contributed by atoms with Gasteiger partial charge in [-0.3, -0.25) is 9.59 Å². The van der Waals surface area contributed by atoms with Gasteiger partial charge in [-0.25, -0.2) is 0 Å². The first-order valence-electron chi connectivity index (χ1n) is 10.2. The first-order chi connectivity index (χ1) is 13.5. The van der Waals surface area contributed by atoms with E-state index in [2.05, 4.69) is 5.32 Å². The Labute approximate surface area is 169 Å². The van der Waals surface area contributed by atoms with Crippen LogP contribution < -0.4 is 5.32 Å². The van der Waals surface area contributed by atoms with E-state index in [4.69, 9.17) is 0 Å². The van der Waals surface area contributed by atoms with Crippen LogP contribution in [-0.4, -0.2) is 28.8 Å². The van der Waals surface area contributed by atoms with Crippen LogP contribution in [0.4, 0.5) is 0 Å². The number of carbonyl (C=O) groups is 2. The maximum Gasteiger partial charge on any atom is 0.243 e. The molecule has 2 aromatic carbocycles. The Balaban J connectivity index is 2.34. The smallest absolute Gasteiger partial charge is 0.243 e. The van der Waals surface area contributed by atoms with Gasteiger partial charge in [-0.2, -0.15) is 0 Å². The minimum absolute atomic E-state index is 0.0200. The van der Waals surface area contributed by atoms with Gasteiger partial charge in [0.1, 0.15) is 6.04 Å². The van der Waals surface area contributed by atoms with Crippen molar-refractivity contribution in [2.24, 2.45) is 0 Å². The quantitative estimate of drug-likeness (QED) is 0.666. The molecule has 0 aromatic heterocycles. The van der Waals surface area contributed by atoms with E-state index in [-0.39, 0.29) is 17.9 Å². The fraction of sp³-hybridized carbons (Fsp3) is 0.417. The molecule has 0 saturated heterocycles. The Morgan fingerprint density at radius 1 is 0.929 bits per heavy atom. The third-order valence-corrected chi connectivity index (χ3v) is 4.93. The van der Waals surface area contributed by atoms with Gasteiger partial charge in [0.2, 0.25) is 11.8 Å². The molecule has 2 aromatic rings. The van der Waals surface area contributed by atoms with E-state index in [0.29, 0.717) is 19.4 Å². The number of nitrogens with zero attached hydrogens (tertiary/aromatic N) is 1. The molecule has 28 heavy (non-hydrogen) atoms. The van der Waals surface area contributed by atoms with E-state index < -0.39 is 6.04 Å². The lowest BCUT2D eigenvalue weighted by molar-refractivity contribution is -0.141. The lowest BCUT2D eigenvalue weighted by atomic mass is 10.0. The molecule has 0 spiro atoms. The SMILES string of the molecule is CCCC(=O)N(Cc1ccccc1)[C@H](Cc1ccccc1)C(=O)N[C@H](C)CC. The summed E-state index contributed by atoms with van der Waals surface area (Å²) in [6.45, 7) is 6.46. The molecule has 0 saturated carbocycles. The lowest BCUT2D eigenvalue weighted by Gasteiger charge is -2.32. The molecule has 0 aliphatic carbocycles. The van der Waals surface area contributed by atoms with Crippen LogP contribution in [0.3, 0.4) is 0 Å². The van der Waals surface area contributed by atoms with Crippen LogP contribution in [0.2, 0.25) is 0 Å². The number of hydrogen-bond acceptors (Lipinski definition) is 2. The number of amides is 2. The van der Waals surface area contributed by atoms with Crippen LogP contribution in [-0.2, 0) is 22.6 Å². The average molecular weight is 381 g/mol. The van der Waals surface area contributed by atoms with Crippen molar-refractivity contribution >= 4 is 11.8 Å².